The second-order valence-electron chi connectivity index (χ2n) is 5.62. The molecule has 0 radical (unpaired) electrons. The summed E-state index contributed by atoms with van der Waals surface area (Å²) in [5, 5.41) is 2.72. The molecule has 4 amide bonds. The van der Waals surface area contributed by atoms with E-state index in [0.29, 0.717) is 18.4 Å². The van der Waals surface area contributed by atoms with Crippen LogP contribution in [0.25, 0.3) is 0 Å². The summed E-state index contributed by atoms with van der Waals surface area (Å²) in [6.45, 7) is 1.92. The molecule has 1 heterocycles. The molecule has 1 aliphatic rings. The van der Waals surface area contributed by atoms with E-state index in [4.69, 9.17) is 5.73 Å². The molecule has 1 saturated heterocycles. The average molecular weight is 321 g/mol. The van der Waals surface area contributed by atoms with Gasteiger partial charge in [-0.25, -0.2) is 9.18 Å². The fourth-order valence-corrected chi connectivity index (χ4v) is 2.74. The zero-order valence-electron chi connectivity index (χ0n) is 13.0. The minimum atomic E-state index is -1.21. The Kier molecular flexibility index (Phi) is 4.98. The summed E-state index contributed by atoms with van der Waals surface area (Å²) in [7, 11) is 0. The molecule has 7 heteroatoms. The molecule has 1 aromatic rings. The summed E-state index contributed by atoms with van der Waals surface area (Å²) >= 11 is 0. The van der Waals surface area contributed by atoms with E-state index in [1.54, 1.807) is 0 Å². The summed E-state index contributed by atoms with van der Waals surface area (Å²) < 4.78 is 13.2. The number of imide groups is 1. The van der Waals surface area contributed by atoms with E-state index in [1.807, 2.05) is 6.92 Å². The van der Waals surface area contributed by atoms with Gasteiger partial charge in [-0.3, -0.25) is 14.5 Å². The number of amides is 4. The average Bonchev–Trinajstić information content (AvgIpc) is 2.75. The largest absolute Gasteiger partial charge is 0.370 e. The number of nitrogens with one attached hydrogen (secondary N) is 1. The maximum Gasteiger partial charge on any atom is 0.325 e. The van der Waals surface area contributed by atoms with Gasteiger partial charge in [0, 0.05) is 13.0 Å². The number of carbonyl (C=O) groups excluding carboxylic acids is 3. The van der Waals surface area contributed by atoms with Gasteiger partial charge in [0.25, 0.3) is 5.91 Å². The highest BCUT2D eigenvalue weighted by Crippen LogP contribution is 2.34. The lowest BCUT2D eigenvalue weighted by Crippen LogP contribution is -2.44. The Morgan fingerprint density at radius 3 is 2.52 bits per heavy atom. The fraction of sp³-hybridized carbons (Fsp3) is 0.438. The van der Waals surface area contributed by atoms with Crippen molar-refractivity contribution in [3.05, 3.63) is 35.6 Å². The first-order chi connectivity index (χ1) is 10.9. The van der Waals surface area contributed by atoms with Crippen LogP contribution in [0.3, 0.4) is 0 Å². The molecule has 3 N–H and O–H groups in total. The maximum atomic E-state index is 13.2. The van der Waals surface area contributed by atoms with E-state index >= 15 is 0 Å². The molecule has 1 aliphatic heterocycles. The van der Waals surface area contributed by atoms with Gasteiger partial charge < -0.3 is 11.1 Å². The molecule has 2 rings (SSSR count). The monoisotopic (exact) mass is 321 g/mol. The van der Waals surface area contributed by atoms with Gasteiger partial charge in [0.1, 0.15) is 11.4 Å². The molecule has 1 aromatic carbocycles. The van der Waals surface area contributed by atoms with Crippen molar-refractivity contribution in [3.63, 3.8) is 0 Å². The van der Waals surface area contributed by atoms with Crippen molar-refractivity contribution in [1.82, 2.24) is 10.2 Å². The summed E-state index contributed by atoms with van der Waals surface area (Å²) in [5.74, 6) is -1.43. The highest BCUT2D eigenvalue weighted by molar-refractivity contribution is 6.07. The van der Waals surface area contributed by atoms with Crippen LogP contribution in [0.1, 0.15) is 38.2 Å². The second kappa shape index (κ2) is 6.76. The van der Waals surface area contributed by atoms with Gasteiger partial charge in [-0.05, 0) is 24.1 Å². The lowest BCUT2D eigenvalue weighted by molar-refractivity contribution is -0.132. The number of carbonyl (C=O) groups is 3. The molecule has 0 saturated carbocycles. The van der Waals surface area contributed by atoms with Gasteiger partial charge >= 0.3 is 6.03 Å². The van der Waals surface area contributed by atoms with Gasteiger partial charge in [0.05, 0.1) is 0 Å². The Morgan fingerprint density at radius 1 is 1.30 bits per heavy atom. The van der Waals surface area contributed by atoms with Crippen LogP contribution >= 0.6 is 0 Å². The number of nitrogens with two attached hydrogens (primary N) is 1. The smallest absolute Gasteiger partial charge is 0.325 e. The third-order valence-corrected chi connectivity index (χ3v) is 4.00. The molecule has 0 aliphatic carbocycles. The number of hydrogen-bond acceptors (Lipinski definition) is 3. The number of nitrogens with zero attached hydrogens (tertiary/aromatic N) is 1. The third kappa shape index (κ3) is 3.33. The lowest BCUT2D eigenvalue weighted by Gasteiger charge is -2.27. The number of halogens is 1. The molecule has 0 aromatic heterocycles. The Hall–Kier alpha value is -2.44. The van der Waals surface area contributed by atoms with Gasteiger partial charge in [-0.15, -0.1) is 0 Å². The highest BCUT2D eigenvalue weighted by Gasteiger charge is 2.51. The van der Waals surface area contributed by atoms with Crippen molar-refractivity contribution in [2.24, 2.45) is 5.73 Å². The van der Waals surface area contributed by atoms with Crippen LogP contribution in [-0.2, 0) is 15.1 Å². The van der Waals surface area contributed by atoms with Crippen molar-refractivity contribution in [3.8, 4) is 0 Å². The van der Waals surface area contributed by atoms with E-state index in [1.165, 1.54) is 24.3 Å². The molecule has 6 nitrogen and oxygen atoms in total. The Labute approximate surface area is 133 Å². The second-order valence-corrected chi connectivity index (χ2v) is 5.62. The number of unbranched alkanes of at least 4 members (excludes halogenated alkanes) is 1. The van der Waals surface area contributed by atoms with Crippen molar-refractivity contribution < 1.29 is 18.8 Å². The van der Waals surface area contributed by atoms with Gasteiger partial charge in [0.2, 0.25) is 5.91 Å². The molecule has 1 fully saturated rings. The number of benzene rings is 1. The number of hydrogen-bond donors (Lipinski definition) is 2. The molecule has 23 heavy (non-hydrogen) atoms. The minimum absolute atomic E-state index is 0.0604. The van der Waals surface area contributed by atoms with Crippen LogP contribution < -0.4 is 11.1 Å². The molecule has 1 atom stereocenters. The first kappa shape index (κ1) is 16.9. The fourth-order valence-electron chi connectivity index (χ4n) is 2.74. The Bertz CT molecular complexity index is 618. The van der Waals surface area contributed by atoms with E-state index in [9.17, 15) is 18.8 Å². The van der Waals surface area contributed by atoms with Crippen LogP contribution in [-0.4, -0.2) is 29.3 Å². The topological polar surface area (TPSA) is 92.5 Å². The van der Waals surface area contributed by atoms with Crippen LogP contribution in [0.5, 0.6) is 0 Å². The molecule has 0 spiro atoms. The number of urea groups is 1. The van der Waals surface area contributed by atoms with E-state index in [-0.39, 0.29) is 13.0 Å². The van der Waals surface area contributed by atoms with Gasteiger partial charge in [-0.1, -0.05) is 31.9 Å². The summed E-state index contributed by atoms with van der Waals surface area (Å²) in [6, 6.07) is 4.96. The van der Waals surface area contributed by atoms with Crippen LogP contribution in [0.2, 0.25) is 0 Å². The maximum absolute atomic E-state index is 13.2. The number of primary amides is 1. The standard InChI is InChI=1S/C16H20FN3O3/c1-2-3-9-16(11-4-6-12(17)7-5-11)14(22)20(15(23)19-16)10-8-13(18)21/h4-7H,2-3,8-10H2,1H3,(H2,18,21)(H,19,23). The van der Waals surface area contributed by atoms with Gasteiger partial charge in [-0.2, -0.15) is 0 Å². The van der Waals surface area contributed by atoms with Crippen molar-refractivity contribution >= 4 is 17.8 Å². The first-order valence-electron chi connectivity index (χ1n) is 7.59. The van der Waals surface area contributed by atoms with Crippen molar-refractivity contribution in [1.29, 1.82) is 0 Å². The van der Waals surface area contributed by atoms with Crippen LogP contribution in [0.15, 0.2) is 24.3 Å². The number of rotatable bonds is 7. The zero-order valence-corrected chi connectivity index (χ0v) is 13.0. The predicted octanol–water partition coefficient (Wildman–Crippen LogP) is 1.64. The summed E-state index contributed by atoms with van der Waals surface area (Å²) in [4.78, 5) is 36.9. The lowest BCUT2D eigenvalue weighted by atomic mass is 9.84. The Morgan fingerprint density at radius 2 is 1.96 bits per heavy atom. The molecular weight excluding hydrogens is 301 g/mol. The van der Waals surface area contributed by atoms with Crippen LogP contribution in [0, 0.1) is 5.82 Å². The normalized spacial score (nSPS) is 20.7. The van der Waals surface area contributed by atoms with E-state index in [0.717, 1.165) is 11.3 Å². The van der Waals surface area contributed by atoms with E-state index in [2.05, 4.69) is 5.32 Å². The van der Waals surface area contributed by atoms with Crippen LogP contribution in [0.4, 0.5) is 9.18 Å². The third-order valence-electron chi connectivity index (χ3n) is 4.00. The minimum Gasteiger partial charge on any atom is -0.370 e. The summed E-state index contributed by atoms with van der Waals surface area (Å²) in [5.41, 5.74) is 4.41. The van der Waals surface area contributed by atoms with Crippen molar-refractivity contribution in [2.75, 3.05) is 6.54 Å². The molecule has 124 valence electrons. The molecular formula is C16H20FN3O3. The highest BCUT2D eigenvalue weighted by atomic mass is 19.1. The summed E-state index contributed by atoms with van der Waals surface area (Å²) in [6.07, 6.45) is 1.87. The van der Waals surface area contributed by atoms with Crippen molar-refractivity contribution in [2.45, 2.75) is 38.1 Å². The SMILES string of the molecule is CCCCC1(c2ccc(F)cc2)NC(=O)N(CCC(N)=O)C1=O. The first-order valence-corrected chi connectivity index (χ1v) is 7.59. The zero-order chi connectivity index (χ0) is 17.0. The van der Waals surface area contributed by atoms with E-state index < -0.39 is 29.2 Å². The molecule has 0 bridgehead atoms. The van der Waals surface area contributed by atoms with Gasteiger partial charge in [0.15, 0.2) is 0 Å². The molecule has 1 unspecified atom stereocenters. The predicted molar refractivity (Wildman–Crippen MR) is 81.7 cm³/mol. The Balaban J connectivity index is 2.35. The quantitative estimate of drug-likeness (QED) is 0.748.